The summed E-state index contributed by atoms with van der Waals surface area (Å²) < 4.78 is 1.75. The van der Waals surface area contributed by atoms with Crippen molar-refractivity contribution in [1.82, 2.24) is 9.38 Å². The number of rotatable bonds is 2. The van der Waals surface area contributed by atoms with Crippen LogP contribution in [0.1, 0.15) is 5.56 Å². The Morgan fingerprint density at radius 1 is 0.900 bits per heavy atom. The molecule has 0 atom stereocenters. The van der Waals surface area contributed by atoms with E-state index in [1.54, 1.807) is 16.2 Å². The molecule has 144 valence electrons. The fourth-order valence-electron chi connectivity index (χ4n) is 4.16. The molecule has 2 heterocycles. The molecule has 6 rings (SSSR count). The normalized spacial score (nSPS) is 11.9. The number of aromatic nitrogens is 2. The van der Waals surface area contributed by atoms with Crippen LogP contribution in [0.5, 0.6) is 0 Å². The van der Waals surface area contributed by atoms with Gasteiger partial charge in [-0.15, -0.1) is 0 Å². The van der Waals surface area contributed by atoms with E-state index >= 15 is 0 Å². The minimum absolute atomic E-state index is 0.0249. The van der Waals surface area contributed by atoms with Gasteiger partial charge in [-0.25, -0.2) is 4.98 Å². The van der Waals surface area contributed by atoms with Crippen molar-refractivity contribution >= 4 is 61.6 Å². The van der Waals surface area contributed by atoms with E-state index in [0.29, 0.717) is 11.0 Å². The van der Waals surface area contributed by atoms with Crippen molar-refractivity contribution in [3.05, 3.63) is 93.7 Å². The van der Waals surface area contributed by atoms with E-state index in [-0.39, 0.29) is 5.56 Å². The van der Waals surface area contributed by atoms with Crippen LogP contribution < -0.4 is 5.56 Å². The zero-order valence-electron chi connectivity index (χ0n) is 16.0. The minimum atomic E-state index is -0.0249. The molecule has 5 heteroatoms. The molecule has 0 saturated heterocycles. The molecule has 0 aliphatic heterocycles. The first-order valence-electron chi connectivity index (χ1n) is 9.63. The number of nitrogens with zero attached hydrogens (tertiary/aromatic N) is 2. The lowest BCUT2D eigenvalue weighted by Gasteiger charge is -2.11. The molecule has 0 N–H and O–H groups in total. The van der Waals surface area contributed by atoms with Crippen LogP contribution in [0.25, 0.3) is 38.2 Å². The van der Waals surface area contributed by atoms with E-state index in [1.165, 1.54) is 0 Å². The van der Waals surface area contributed by atoms with E-state index in [9.17, 15) is 4.79 Å². The van der Waals surface area contributed by atoms with Crippen LogP contribution >= 0.6 is 23.4 Å². The summed E-state index contributed by atoms with van der Waals surface area (Å²) in [5.74, 6) is 0. The van der Waals surface area contributed by atoms with E-state index in [1.807, 2.05) is 61.5 Å². The van der Waals surface area contributed by atoms with E-state index < -0.39 is 0 Å². The monoisotopic (exact) mass is 426 g/mol. The lowest BCUT2D eigenvalue weighted by Crippen LogP contribution is -2.13. The number of aryl methyl sites for hydroxylation is 1. The third-order valence-electron chi connectivity index (χ3n) is 5.53. The zero-order chi connectivity index (χ0) is 20.4. The highest BCUT2D eigenvalue weighted by Crippen LogP contribution is 2.38. The van der Waals surface area contributed by atoms with Crippen molar-refractivity contribution in [1.29, 1.82) is 0 Å². The quantitative estimate of drug-likeness (QED) is 0.309. The maximum atomic E-state index is 13.5. The van der Waals surface area contributed by atoms with Crippen LogP contribution in [0.4, 0.5) is 0 Å². The van der Waals surface area contributed by atoms with Gasteiger partial charge in [0, 0.05) is 31.0 Å². The van der Waals surface area contributed by atoms with E-state index in [4.69, 9.17) is 16.6 Å². The van der Waals surface area contributed by atoms with Gasteiger partial charge in [0.05, 0.1) is 11.0 Å². The van der Waals surface area contributed by atoms with Gasteiger partial charge in [-0.2, -0.15) is 0 Å². The Kier molecular flexibility index (Phi) is 3.82. The summed E-state index contributed by atoms with van der Waals surface area (Å²) in [6.07, 6.45) is 0. The minimum Gasteiger partial charge on any atom is -0.268 e. The van der Waals surface area contributed by atoms with Gasteiger partial charge in [0.2, 0.25) is 0 Å². The number of hydrogen-bond donors (Lipinski definition) is 0. The first-order chi connectivity index (χ1) is 14.6. The lowest BCUT2D eigenvalue weighted by atomic mass is 10.0. The van der Waals surface area contributed by atoms with Gasteiger partial charge in [-0.3, -0.25) is 9.20 Å². The zero-order valence-corrected chi connectivity index (χ0v) is 17.6. The van der Waals surface area contributed by atoms with Gasteiger partial charge in [-0.1, -0.05) is 41.6 Å². The number of halogens is 1. The number of fused-ring (bicyclic) bond motifs is 4. The van der Waals surface area contributed by atoms with Crippen LogP contribution in [0.2, 0.25) is 5.02 Å². The predicted octanol–water partition coefficient (Wildman–Crippen LogP) is 6.70. The first kappa shape index (κ1) is 17.8. The average Bonchev–Trinajstić information content (AvgIpc) is 3.13. The summed E-state index contributed by atoms with van der Waals surface area (Å²) >= 11 is 7.70. The van der Waals surface area contributed by atoms with Crippen LogP contribution in [-0.2, 0) is 0 Å². The summed E-state index contributed by atoms with van der Waals surface area (Å²) in [5.41, 5.74) is 3.51. The number of benzene rings is 4. The van der Waals surface area contributed by atoms with E-state index in [0.717, 1.165) is 47.6 Å². The summed E-state index contributed by atoms with van der Waals surface area (Å²) in [7, 11) is 0. The van der Waals surface area contributed by atoms with Crippen molar-refractivity contribution < 1.29 is 0 Å². The molecule has 0 aliphatic rings. The highest BCUT2D eigenvalue weighted by Gasteiger charge is 2.17. The van der Waals surface area contributed by atoms with Crippen molar-refractivity contribution in [3.63, 3.8) is 0 Å². The molecular weight excluding hydrogens is 412 g/mol. The number of pyridine rings is 1. The van der Waals surface area contributed by atoms with Gasteiger partial charge in [0.1, 0.15) is 5.65 Å². The second-order valence-corrected chi connectivity index (χ2v) is 9.02. The summed E-state index contributed by atoms with van der Waals surface area (Å²) in [4.78, 5) is 20.5. The van der Waals surface area contributed by atoms with Crippen molar-refractivity contribution in [3.8, 4) is 0 Å². The Hall–Kier alpha value is -3.08. The van der Waals surface area contributed by atoms with Crippen molar-refractivity contribution in [2.45, 2.75) is 16.7 Å². The van der Waals surface area contributed by atoms with E-state index in [2.05, 4.69) is 18.2 Å². The molecule has 0 fully saturated rings. The smallest absolute Gasteiger partial charge is 0.264 e. The van der Waals surface area contributed by atoms with Gasteiger partial charge in [0.25, 0.3) is 5.56 Å². The Labute approximate surface area is 181 Å². The summed E-state index contributed by atoms with van der Waals surface area (Å²) in [6.45, 7) is 2.04. The molecular formula is C25H15ClN2OS. The molecule has 0 bridgehead atoms. The fraction of sp³-hybridized carbons (Fsp3) is 0.0400. The average molecular weight is 427 g/mol. The number of hydrogen-bond acceptors (Lipinski definition) is 3. The third-order valence-corrected chi connectivity index (χ3v) is 6.86. The van der Waals surface area contributed by atoms with Crippen LogP contribution in [0, 0.1) is 6.92 Å². The molecule has 0 spiro atoms. The molecule has 0 unspecified atom stereocenters. The largest absolute Gasteiger partial charge is 0.268 e. The molecule has 0 aliphatic carbocycles. The molecule has 30 heavy (non-hydrogen) atoms. The maximum Gasteiger partial charge on any atom is 0.264 e. The number of imidazole rings is 1. The Bertz CT molecular complexity index is 1650. The van der Waals surface area contributed by atoms with Crippen LogP contribution in [-0.4, -0.2) is 9.38 Å². The predicted molar refractivity (Wildman–Crippen MR) is 125 cm³/mol. The van der Waals surface area contributed by atoms with Crippen molar-refractivity contribution in [2.75, 3.05) is 0 Å². The van der Waals surface area contributed by atoms with Gasteiger partial charge in [-0.05, 0) is 72.5 Å². The summed E-state index contributed by atoms with van der Waals surface area (Å²) in [5, 5.41) is 4.47. The molecule has 2 aromatic heterocycles. The second-order valence-electron chi connectivity index (χ2n) is 7.46. The Morgan fingerprint density at radius 2 is 1.70 bits per heavy atom. The fourth-order valence-corrected chi connectivity index (χ4v) is 5.23. The van der Waals surface area contributed by atoms with Gasteiger partial charge >= 0.3 is 0 Å². The molecule has 0 amide bonds. The third kappa shape index (κ3) is 2.54. The van der Waals surface area contributed by atoms with Gasteiger partial charge in [0.15, 0.2) is 0 Å². The SMILES string of the molecule is Cc1ccc2c(c1)nc1c3ccc(Sc4ccc(Cl)cc4)c4cccc(c(=O)n21)c43. The van der Waals surface area contributed by atoms with Crippen LogP contribution in [0.3, 0.4) is 0 Å². The Morgan fingerprint density at radius 3 is 2.53 bits per heavy atom. The molecule has 4 aromatic carbocycles. The molecule has 0 radical (unpaired) electrons. The standard InChI is InChI=1S/C25H15ClN2OS/c1-14-5-11-21-20(13-14)27-24-18-10-12-22(30-16-8-6-15(26)7-9-16)17-3-2-4-19(23(17)18)25(29)28(21)24/h2-13H,1H3. The first-order valence-corrected chi connectivity index (χ1v) is 10.8. The second kappa shape index (κ2) is 6.46. The topological polar surface area (TPSA) is 34.4 Å². The van der Waals surface area contributed by atoms with Crippen LogP contribution in [0.15, 0.2) is 87.4 Å². The van der Waals surface area contributed by atoms with Crippen molar-refractivity contribution in [2.24, 2.45) is 0 Å². The van der Waals surface area contributed by atoms with Gasteiger partial charge < -0.3 is 0 Å². The summed E-state index contributed by atoms with van der Waals surface area (Å²) in [6, 6.07) is 24.0. The molecule has 3 nitrogen and oxygen atoms in total. The highest BCUT2D eigenvalue weighted by molar-refractivity contribution is 7.99. The lowest BCUT2D eigenvalue weighted by molar-refractivity contribution is 1.19. The Balaban J connectivity index is 1.70. The maximum absolute atomic E-state index is 13.5. The molecule has 0 saturated carbocycles. The molecule has 6 aromatic rings. The highest BCUT2D eigenvalue weighted by atomic mass is 35.5.